The van der Waals surface area contributed by atoms with Gasteiger partial charge in [0.25, 0.3) is 11.6 Å². The van der Waals surface area contributed by atoms with E-state index in [1.807, 2.05) is 19.0 Å². The molecule has 0 spiro atoms. The molecule has 8 heteroatoms. The zero-order valence-corrected chi connectivity index (χ0v) is 12.4. The van der Waals surface area contributed by atoms with Crippen LogP contribution in [-0.4, -0.2) is 29.2 Å². The summed E-state index contributed by atoms with van der Waals surface area (Å²) in [5.74, 6) is -0.281. The Morgan fingerprint density at radius 3 is 2.65 bits per heavy atom. The van der Waals surface area contributed by atoms with E-state index >= 15 is 0 Å². The van der Waals surface area contributed by atoms with Gasteiger partial charge in [-0.25, -0.2) is 0 Å². The highest BCUT2D eigenvalue weighted by molar-refractivity contribution is 8.26. The summed E-state index contributed by atoms with van der Waals surface area (Å²) in [4.78, 5) is 24.3. The van der Waals surface area contributed by atoms with Gasteiger partial charge in [0.1, 0.15) is 4.32 Å². The molecule has 2 rings (SSSR count). The van der Waals surface area contributed by atoms with Crippen LogP contribution in [0.3, 0.4) is 0 Å². The Labute approximate surface area is 125 Å². The molecule has 1 N–H and O–H groups in total. The minimum absolute atomic E-state index is 0.0200. The van der Waals surface area contributed by atoms with Crippen molar-refractivity contribution in [3.05, 3.63) is 38.8 Å². The number of nitrogens with one attached hydrogen (secondary N) is 1. The van der Waals surface area contributed by atoms with Crippen molar-refractivity contribution >= 4 is 51.7 Å². The average molecular weight is 309 g/mol. The molecule has 1 aromatic carbocycles. The molecule has 0 saturated carbocycles. The highest BCUT2D eigenvalue weighted by Crippen LogP contribution is 2.31. The van der Waals surface area contributed by atoms with E-state index in [1.54, 1.807) is 12.1 Å². The van der Waals surface area contributed by atoms with Crippen LogP contribution in [0.5, 0.6) is 0 Å². The molecule has 1 aromatic rings. The van der Waals surface area contributed by atoms with E-state index in [4.69, 9.17) is 12.2 Å². The normalized spacial score (nSPS) is 16.4. The van der Waals surface area contributed by atoms with Gasteiger partial charge >= 0.3 is 0 Å². The van der Waals surface area contributed by atoms with Gasteiger partial charge in [0.15, 0.2) is 0 Å². The molecule has 6 nitrogen and oxygen atoms in total. The number of hydrogen-bond acceptors (Lipinski definition) is 6. The molecule has 0 aliphatic carbocycles. The first-order valence-electron chi connectivity index (χ1n) is 5.59. The van der Waals surface area contributed by atoms with Crippen molar-refractivity contribution < 1.29 is 9.72 Å². The van der Waals surface area contributed by atoms with Gasteiger partial charge in [-0.15, -0.1) is 0 Å². The standard InChI is InChI=1S/C12H11N3O3S2/c1-14(2)9-4-3-8(15(17)18)5-7(9)6-10-11(16)13-12(19)20-10/h3-6H,1-2H3,(H,13,16,19)/b10-6+. The van der Waals surface area contributed by atoms with Crippen molar-refractivity contribution in [3.8, 4) is 0 Å². The Hall–Kier alpha value is -1.93. The van der Waals surface area contributed by atoms with Crippen LogP contribution in [0.4, 0.5) is 11.4 Å². The fourth-order valence-corrected chi connectivity index (χ4v) is 2.78. The van der Waals surface area contributed by atoms with Crippen LogP contribution >= 0.6 is 24.0 Å². The highest BCUT2D eigenvalue weighted by atomic mass is 32.2. The van der Waals surface area contributed by atoms with Crippen molar-refractivity contribution in [2.75, 3.05) is 19.0 Å². The number of nitro groups is 1. The maximum atomic E-state index is 11.7. The number of amides is 1. The van der Waals surface area contributed by atoms with Gasteiger partial charge in [0.05, 0.1) is 9.83 Å². The third-order valence-electron chi connectivity index (χ3n) is 2.63. The second-order valence-electron chi connectivity index (χ2n) is 4.25. The quantitative estimate of drug-likeness (QED) is 0.399. The molecule has 0 atom stereocenters. The molecule has 1 amide bonds. The lowest BCUT2D eigenvalue weighted by atomic mass is 10.1. The Bertz CT molecular complexity index is 641. The number of carbonyl (C=O) groups excluding carboxylic acids is 1. The largest absolute Gasteiger partial charge is 0.377 e. The number of hydrogen-bond donors (Lipinski definition) is 1. The van der Waals surface area contributed by atoms with Crippen molar-refractivity contribution in [1.82, 2.24) is 5.32 Å². The first kappa shape index (κ1) is 14.5. The number of carbonyl (C=O) groups is 1. The monoisotopic (exact) mass is 309 g/mol. The van der Waals surface area contributed by atoms with Crippen molar-refractivity contribution in [3.63, 3.8) is 0 Å². The number of thiocarbonyl (C=S) groups is 1. The van der Waals surface area contributed by atoms with E-state index in [-0.39, 0.29) is 11.6 Å². The van der Waals surface area contributed by atoms with Gasteiger partial charge in [-0.1, -0.05) is 24.0 Å². The summed E-state index contributed by atoms with van der Waals surface area (Å²) >= 11 is 6.06. The summed E-state index contributed by atoms with van der Waals surface area (Å²) < 4.78 is 0.387. The Morgan fingerprint density at radius 1 is 1.45 bits per heavy atom. The molecule has 1 fully saturated rings. The number of anilines is 1. The predicted molar refractivity (Wildman–Crippen MR) is 83.7 cm³/mol. The predicted octanol–water partition coefficient (Wildman–Crippen LogP) is 2.15. The fourth-order valence-electron chi connectivity index (χ4n) is 1.74. The van der Waals surface area contributed by atoms with Crippen molar-refractivity contribution in [2.24, 2.45) is 0 Å². The molecule has 1 aliphatic heterocycles. The van der Waals surface area contributed by atoms with Crippen LogP contribution < -0.4 is 10.2 Å². The zero-order chi connectivity index (χ0) is 14.9. The first-order chi connectivity index (χ1) is 9.38. The van der Waals surface area contributed by atoms with Crippen LogP contribution in [-0.2, 0) is 4.79 Å². The van der Waals surface area contributed by atoms with Crippen LogP contribution in [0.25, 0.3) is 6.08 Å². The first-order valence-corrected chi connectivity index (χ1v) is 6.81. The summed E-state index contributed by atoms with van der Waals surface area (Å²) in [6.45, 7) is 0. The SMILES string of the molecule is CN(C)c1ccc([N+](=O)[O-])cc1/C=C1/SC(=S)NC1=O. The van der Waals surface area contributed by atoms with E-state index in [1.165, 1.54) is 12.1 Å². The van der Waals surface area contributed by atoms with Gasteiger partial charge < -0.3 is 10.2 Å². The highest BCUT2D eigenvalue weighted by Gasteiger charge is 2.23. The maximum Gasteiger partial charge on any atom is 0.270 e. The van der Waals surface area contributed by atoms with E-state index < -0.39 is 4.92 Å². The summed E-state index contributed by atoms with van der Waals surface area (Å²) in [5.41, 5.74) is 1.37. The third kappa shape index (κ3) is 2.97. The minimum atomic E-state index is -0.464. The smallest absolute Gasteiger partial charge is 0.270 e. The van der Waals surface area contributed by atoms with Crippen LogP contribution in [0.1, 0.15) is 5.56 Å². The fraction of sp³-hybridized carbons (Fsp3) is 0.167. The Kier molecular flexibility index (Phi) is 4.05. The van der Waals surface area contributed by atoms with Crippen molar-refractivity contribution in [1.29, 1.82) is 0 Å². The zero-order valence-electron chi connectivity index (χ0n) is 10.7. The molecule has 104 valence electrons. The molecule has 1 aliphatic rings. The van der Waals surface area contributed by atoms with E-state index in [0.717, 1.165) is 17.4 Å². The van der Waals surface area contributed by atoms with Crippen LogP contribution in [0.15, 0.2) is 23.1 Å². The topological polar surface area (TPSA) is 75.5 Å². The summed E-state index contributed by atoms with van der Waals surface area (Å²) in [7, 11) is 3.66. The van der Waals surface area contributed by atoms with Gasteiger partial charge in [-0.2, -0.15) is 0 Å². The van der Waals surface area contributed by atoms with Gasteiger partial charge in [0, 0.05) is 37.5 Å². The molecule has 1 saturated heterocycles. The summed E-state index contributed by atoms with van der Waals surface area (Å²) in [6.07, 6.45) is 1.61. The van der Waals surface area contributed by atoms with E-state index in [9.17, 15) is 14.9 Å². The number of nitro benzene ring substituents is 1. The molecule has 0 unspecified atom stereocenters. The molecular formula is C12H11N3O3S2. The number of non-ortho nitro benzene ring substituents is 1. The minimum Gasteiger partial charge on any atom is -0.377 e. The second kappa shape index (κ2) is 5.59. The van der Waals surface area contributed by atoms with E-state index in [0.29, 0.717) is 14.8 Å². The lowest BCUT2D eigenvalue weighted by Crippen LogP contribution is -2.17. The van der Waals surface area contributed by atoms with Gasteiger partial charge in [-0.05, 0) is 12.1 Å². The lowest BCUT2D eigenvalue weighted by Gasteiger charge is -2.15. The Morgan fingerprint density at radius 2 is 2.15 bits per heavy atom. The average Bonchev–Trinajstić information content (AvgIpc) is 2.67. The summed E-state index contributed by atoms with van der Waals surface area (Å²) in [6, 6.07) is 4.53. The molecule has 0 radical (unpaired) electrons. The van der Waals surface area contributed by atoms with Crippen LogP contribution in [0.2, 0.25) is 0 Å². The number of thioether (sulfide) groups is 1. The van der Waals surface area contributed by atoms with Gasteiger partial charge in [0.2, 0.25) is 0 Å². The van der Waals surface area contributed by atoms with Crippen molar-refractivity contribution in [2.45, 2.75) is 0 Å². The molecule has 0 aromatic heterocycles. The number of benzene rings is 1. The second-order valence-corrected chi connectivity index (χ2v) is 5.97. The van der Waals surface area contributed by atoms with E-state index in [2.05, 4.69) is 5.32 Å². The third-order valence-corrected chi connectivity index (χ3v) is 3.80. The molecule has 20 heavy (non-hydrogen) atoms. The maximum absolute atomic E-state index is 11.7. The Balaban J connectivity index is 2.50. The molecule has 0 bridgehead atoms. The number of rotatable bonds is 3. The van der Waals surface area contributed by atoms with Gasteiger partial charge in [-0.3, -0.25) is 14.9 Å². The summed E-state index contributed by atoms with van der Waals surface area (Å²) in [5, 5.41) is 13.4. The lowest BCUT2D eigenvalue weighted by molar-refractivity contribution is -0.384. The molecular weight excluding hydrogens is 298 g/mol. The van der Waals surface area contributed by atoms with Crippen LogP contribution in [0, 0.1) is 10.1 Å². The number of nitrogens with zero attached hydrogens (tertiary/aromatic N) is 2. The molecule has 1 heterocycles.